The van der Waals surface area contributed by atoms with Crippen LogP contribution in [-0.2, 0) is 19.9 Å². The molecule has 19 heavy (non-hydrogen) atoms. The zero-order chi connectivity index (χ0) is 14.2. The minimum atomic E-state index is -0.0560. The minimum absolute atomic E-state index is 0.0560. The lowest BCUT2D eigenvalue weighted by molar-refractivity contribution is 0.0991. The molecule has 0 saturated carbocycles. The van der Waals surface area contributed by atoms with Crippen LogP contribution in [-0.4, -0.2) is 15.6 Å². The van der Waals surface area contributed by atoms with E-state index < -0.39 is 0 Å². The molecule has 102 valence electrons. The summed E-state index contributed by atoms with van der Waals surface area (Å²) in [5, 5.41) is 4.36. The van der Waals surface area contributed by atoms with Crippen molar-refractivity contribution in [1.29, 1.82) is 0 Å². The normalized spacial score (nSPS) is 11.0. The molecule has 0 fully saturated rings. The van der Waals surface area contributed by atoms with Gasteiger partial charge in [0, 0.05) is 12.6 Å². The monoisotopic (exact) mass is 380 g/mol. The fraction of sp³-hybridized carbons (Fsp3) is 0.333. The van der Waals surface area contributed by atoms with E-state index in [0.717, 1.165) is 22.3 Å². The summed E-state index contributed by atoms with van der Waals surface area (Å²) in [6.07, 6.45) is 1.06. The first-order valence-corrected chi connectivity index (χ1v) is 7.98. The lowest BCUT2D eigenvalue weighted by Crippen LogP contribution is -2.08. The zero-order valence-electron chi connectivity index (χ0n) is 10.3. The molecule has 2 aromatic heterocycles. The van der Waals surface area contributed by atoms with Gasteiger partial charge in [0.05, 0.1) is 26.6 Å². The van der Waals surface area contributed by atoms with Gasteiger partial charge >= 0.3 is 0 Å². The maximum atomic E-state index is 12.3. The van der Waals surface area contributed by atoms with Crippen molar-refractivity contribution in [3.63, 3.8) is 0 Å². The summed E-state index contributed by atoms with van der Waals surface area (Å²) in [4.78, 5) is 12.3. The highest BCUT2D eigenvalue weighted by Crippen LogP contribution is 2.32. The number of rotatable bonds is 4. The lowest BCUT2D eigenvalue weighted by atomic mass is 10.1. The molecule has 0 aromatic carbocycles. The van der Waals surface area contributed by atoms with Crippen LogP contribution < -0.4 is 0 Å². The van der Waals surface area contributed by atoms with Crippen molar-refractivity contribution in [3.8, 4) is 0 Å². The second-order valence-corrected chi connectivity index (χ2v) is 7.10. The number of ketones is 1. The molecule has 0 atom stereocenters. The second-order valence-electron chi connectivity index (χ2n) is 4.02. The highest BCUT2D eigenvalue weighted by atomic mass is 79.9. The minimum Gasteiger partial charge on any atom is -0.294 e. The summed E-state index contributed by atoms with van der Waals surface area (Å²) in [6, 6.07) is 1.61. The van der Waals surface area contributed by atoms with Gasteiger partial charge < -0.3 is 0 Å². The number of carbonyl (C=O) groups excluding carboxylic acids is 1. The van der Waals surface area contributed by atoms with Crippen molar-refractivity contribution in [1.82, 2.24) is 9.78 Å². The van der Waals surface area contributed by atoms with Crippen LogP contribution in [0.3, 0.4) is 0 Å². The highest BCUT2D eigenvalue weighted by molar-refractivity contribution is 9.10. The first-order valence-electron chi connectivity index (χ1n) is 5.62. The van der Waals surface area contributed by atoms with Crippen molar-refractivity contribution in [3.05, 3.63) is 36.2 Å². The molecule has 2 rings (SSSR count). The van der Waals surface area contributed by atoms with Crippen LogP contribution in [0.4, 0.5) is 0 Å². The lowest BCUT2D eigenvalue weighted by Gasteiger charge is -2.02. The quantitative estimate of drug-likeness (QED) is 0.728. The van der Waals surface area contributed by atoms with Crippen LogP contribution >= 0.6 is 50.5 Å². The maximum absolute atomic E-state index is 12.3. The van der Waals surface area contributed by atoms with Gasteiger partial charge in [0.1, 0.15) is 4.34 Å². The first-order chi connectivity index (χ1) is 8.93. The van der Waals surface area contributed by atoms with Gasteiger partial charge in [-0.1, -0.05) is 30.1 Å². The van der Waals surface area contributed by atoms with E-state index in [4.69, 9.17) is 23.2 Å². The first kappa shape index (κ1) is 15.0. The van der Waals surface area contributed by atoms with Crippen molar-refractivity contribution in [2.75, 3.05) is 0 Å². The molecule has 0 aliphatic heterocycles. The van der Waals surface area contributed by atoms with E-state index >= 15 is 0 Å². The molecule has 0 saturated heterocycles. The molecule has 0 N–H and O–H groups in total. The van der Waals surface area contributed by atoms with E-state index in [1.165, 1.54) is 11.3 Å². The molecule has 0 unspecified atom stereocenters. The number of hydrogen-bond donors (Lipinski definition) is 0. The molecular formula is C12H11BrCl2N2OS. The fourth-order valence-electron chi connectivity index (χ4n) is 1.79. The van der Waals surface area contributed by atoms with Crippen LogP contribution in [0, 0.1) is 0 Å². The van der Waals surface area contributed by atoms with Gasteiger partial charge in [-0.15, -0.1) is 11.3 Å². The Morgan fingerprint density at radius 1 is 1.53 bits per heavy atom. The predicted octanol–water partition coefficient (Wildman–Crippen LogP) is 4.54. The van der Waals surface area contributed by atoms with Crippen LogP contribution in [0.25, 0.3) is 0 Å². The molecule has 0 amide bonds. The SMILES string of the molecule is CCc1nn(C)c(CC(=O)c2cc(Cl)sc2Cl)c1Br. The van der Waals surface area contributed by atoms with E-state index in [1.807, 2.05) is 14.0 Å². The van der Waals surface area contributed by atoms with Crippen molar-refractivity contribution in [2.24, 2.45) is 7.05 Å². The van der Waals surface area contributed by atoms with Crippen molar-refractivity contribution in [2.45, 2.75) is 19.8 Å². The molecule has 0 bridgehead atoms. The molecular weight excluding hydrogens is 371 g/mol. The number of thiophene rings is 1. The molecule has 2 aromatic rings. The third kappa shape index (κ3) is 3.05. The summed E-state index contributed by atoms with van der Waals surface area (Å²) in [5.41, 5.74) is 2.27. The van der Waals surface area contributed by atoms with Crippen LogP contribution in [0.1, 0.15) is 28.7 Å². The van der Waals surface area contributed by atoms with E-state index in [9.17, 15) is 4.79 Å². The molecule has 0 spiro atoms. The molecule has 0 radical (unpaired) electrons. The maximum Gasteiger partial charge on any atom is 0.171 e. The Balaban J connectivity index is 2.29. The molecule has 2 heterocycles. The number of carbonyl (C=O) groups is 1. The summed E-state index contributed by atoms with van der Waals surface area (Å²) in [5.74, 6) is -0.0560. The summed E-state index contributed by atoms with van der Waals surface area (Å²) < 4.78 is 3.57. The van der Waals surface area contributed by atoms with Crippen LogP contribution in [0.5, 0.6) is 0 Å². The van der Waals surface area contributed by atoms with Crippen LogP contribution in [0.15, 0.2) is 10.5 Å². The summed E-state index contributed by atoms with van der Waals surface area (Å²) in [6.45, 7) is 2.02. The Hall–Kier alpha value is -0.360. The Kier molecular flexibility index (Phi) is 4.71. The largest absolute Gasteiger partial charge is 0.294 e. The average Bonchev–Trinajstić information content (AvgIpc) is 2.82. The van der Waals surface area contributed by atoms with E-state index in [0.29, 0.717) is 14.2 Å². The van der Waals surface area contributed by atoms with Gasteiger partial charge in [0.25, 0.3) is 0 Å². The highest BCUT2D eigenvalue weighted by Gasteiger charge is 2.19. The Labute approximate surface area is 133 Å². The Bertz CT molecular complexity index is 636. The number of Topliss-reactive ketones (excluding diaryl/α,β-unsaturated/α-hetero) is 1. The van der Waals surface area contributed by atoms with Gasteiger partial charge in [-0.3, -0.25) is 9.48 Å². The summed E-state index contributed by atoms with van der Waals surface area (Å²) in [7, 11) is 1.83. The molecule has 3 nitrogen and oxygen atoms in total. The molecule has 0 aliphatic carbocycles. The number of halogens is 3. The second kappa shape index (κ2) is 5.95. The Morgan fingerprint density at radius 3 is 2.68 bits per heavy atom. The van der Waals surface area contributed by atoms with E-state index in [1.54, 1.807) is 10.7 Å². The standard InChI is InChI=1S/C12H11BrCl2N2OS/c1-3-7-11(13)8(17(2)16-7)5-9(18)6-4-10(14)19-12(6)15/h4H,3,5H2,1-2H3. The predicted molar refractivity (Wildman–Crippen MR) is 82.7 cm³/mol. The number of aryl methyl sites for hydroxylation is 2. The van der Waals surface area contributed by atoms with Gasteiger partial charge in [0.2, 0.25) is 0 Å². The van der Waals surface area contributed by atoms with Gasteiger partial charge in [-0.2, -0.15) is 5.10 Å². The average molecular weight is 382 g/mol. The van der Waals surface area contributed by atoms with E-state index in [2.05, 4.69) is 21.0 Å². The van der Waals surface area contributed by atoms with E-state index in [-0.39, 0.29) is 12.2 Å². The number of nitrogens with zero attached hydrogens (tertiary/aromatic N) is 2. The number of aromatic nitrogens is 2. The van der Waals surface area contributed by atoms with Gasteiger partial charge in [0.15, 0.2) is 5.78 Å². The molecule has 7 heteroatoms. The van der Waals surface area contributed by atoms with Crippen molar-refractivity contribution >= 4 is 56.3 Å². The van der Waals surface area contributed by atoms with Crippen molar-refractivity contribution < 1.29 is 4.79 Å². The zero-order valence-corrected chi connectivity index (χ0v) is 14.3. The van der Waals surface area contributed by atoms with Gasteiger partial charge in [-0.25, -0.2) is 0 Å². The third-order valence-corrected chi connectivity index (χ3v) is 5.19. The smallest absolute Gasteiger partial charge is 0.171 e. The third-order valence-electron chi connectivity index (χ3n) is 2.79. The van der Waals surface area contributed by atoms with Gasteiger partial charge in [-0.05, 0) is 28.4 Å². The molecule has 0 aliphatic rings. The number of hydrogen-bond acceptors (Lipinski definition) is 3. The Morgan fingerprint density at radius 2 is 2.21 bits per heavy atom. The summed E-state index contributed by atoms with van der Waals surface area (Å²) >= 11 is 16.6. The topological polar surface area (TPSA) is 34.9 Å². The fourth-order valence-corrected chi connectivity index (χ4v) is 4.05. The van der Waals surface area contributed by atoms with Crippen LogP contribution in [0.2, 0.25) is 8.67 Å².